The van der Waals surface area contributed by atoms with Crippen LogP contribution >= 0.6 is 28.1 Å². The van der Waals surface area contributed by atoms with Crippen molar-refractivity contribution in [3.8, 4) is 0 Å². The molecule has 0 aliphatic heterocycles. The van der Waals surface area contributed by atoms with E-state index in [9.17, 15) is 0 Å². The van der Waals surface area contributed by atoms with E-state index in [1.54, 1.807) is 0 Å². The number of hydrogen-bond acceptors (Lipinski definition) is 3. The molecule has 0 bridgehead atoms. The van der Waals surface area contributed by atoms with Crippen LogP contribution < -0.4 is 4.90 Å². The third-order valence-corrected chi connectivity index (χ3v) is 3.65. The molecule has 1 N–H and O–H groups in total. The molecule has 5 heteroatoms. The summed E-state index contributed by atoms with van der Waals surface area (Å²) in [6, 6.07) is 0. The zero-order valence-corrected chi connectivity index (χ0v) is 10.6. The molecule has 0 spiro atoms. The Bertz CT molecular complexity index is 409. The predicted molar refractivity (Wildman–Crippen MR) is 63.4 cm³/mol. The Hall–Kier alpha value is -0.420. The lowest BCUT2D eigenvalue weighted by Crippen LogP contribution is -2.14. The Morgan fingerprint density at radius 2 is 2.14 bits per heavy atom. The highest BCUT2D eigenvalue weighted by molar-refractivity contribution is 9.10. The summed E-state index contributed by atoms with van der Waals surface area (Å²) >= 11 is 8.68. The van der Waals surface area contributed by atoms with Gasteiger partial charge in [-0.15, -0.1) is 0 Å². The molecule has 1 aromatic heterocycles. The van der Waals surface area contributed by atoms with Crippen molar-refractivity contribution in [2.45, 2.75) is 18.8 Å². The van der Waals surface area contributed by atoms with Gasteiger partial charge in [0.1, 0.15) is 4.64 Å². The van der Waals surface area contributed by atoms with E-state index in [1.165, 1.54) is 18.5 Å². The van der Waals surface area contributed by atoms with E-state index >= 15 is 0 Å². The van der Waals surface area contributed by atoms with E-state index in [4.69, 9.17) is 12.2 Å². The van der Waals surface area contributed by atoms with Gasteiger partial charge in [0.15, 0.2) is 0 Å². The summed E-state index contributed by atoms with van der Waals surface area (Å²) in [4.78, 5) is 9.54. The van der Waals surface area contributed by atoms with Crippen LogP contribution in [-0.2, 0) is 0 Å². The molecule has 0 saturated heterocycles. The number of aromatic nitrogens is 2. The molecule has 3 nitrogen and oxygen atoms in total. The van der Waals surface area contributed by atoms with Crippen molar-refractivity contribution < 1.29 is 0 Å². The van der Waals surface area contributed by atoms with Crippen molar-refractivity contribution in [1.29, 1.82) is 0 Å². The van der Waals surface area contributed by atoms with Crippen LogP contribution in [0.2, 0.25) is 0 Å². The van der Waals surface area contributed by atoms with Crippen LogP contribution in [0, 0.1) is 4.64 Å². The van der Waals surface area contributed by atoms with E-state index in [1.807, 2.05) is 19.0 Å². The topological polar surface area (TPSA) is 31.9 Å². The van der Waals surface area contributed by atoms with Gasteiger partial charge in [-0.3, -0.25) is 0 Å². The fraction of sp³-hybridized carbons (Fsp3) is 0.556. The average molecular weight is 274 g/mol. The van der Waals surface area contributed by atoms with Crippen LogP contribution in [0.1, 0.15) is 24.5 Å². The van der Waals surface area contributed by atoms with Crippen LogP contribution in [0.5, 0.6) is 0 Å². The van der Waals surface area contributed by atoms with Crippen molar-refractivity contribution in [2.24, 2.45) is 0 Å². The van der Waals surface area contributed by atoms with Crippen molar-refractivity contribution in [1.82, 2.24) is 9.97 Å². The zero-order valence-electron chi connectivity index (χ0n) is 8.17. The number of anilines is 1. The number of rotatable bonds is 2. The van der Waals surface area contributed by atoms with Gasteiger partial charge >= 0.3 is 0 Å². The van der Waals surface area contributed by atoms with Crippen LogP contribution in [-0.4, -0.2) is 24.1 Å². The average Bonchev–Trinajstić information content (AvgIpc) is 2.92. The van der Waals surface area contributed by atoms with Gasteiger partial charge in [-0.25, -0.2) is 4.98 Å². The monoisotopic (exact) mass is 273 g/mol. The fourth-order valence-electron chi connectivity index (χ4n) is 1.33. The standard InChI is InChI=1S/C9H12BrN3S/c1-13(2)9-11-7(5-3-4-5)6(10)8(14)12-9/h5H,3-4H2,1-2H3,(H,11,12,14). The lowest BCUT2D eigenvalue weighted by atomic mass is 10.3. The molecule has 1 heterocycles. The van der Waals surface area contributed by atoms with Gasteiger partial charge in [0.25, 0.3) is 0 Å². The van der Waals surface area contributed by atoms with Gasteiger partial charge < -0.3 is 9.88 Å². The molecule has 0 radical (unpaired) electrons. The SMILES string of the molecule is CN(C)c1nc(=S)c(Br)c(C2CC2)[nH]1. The van der Waals surface area contributed by atoms with E-state index in [2.05, 4.69) is 25.9 Å². The third kappa shape index (κ3) is 1.83. The zero-order chi connectivity index (χ0) is 10.3. The summed E-state index contributed by atoms with van der Waals surface area (Å²) in [5.41, 5.74) is 1.20. The predicted octanol–water partition coefficient (Wildman–Crippen LogP) is 2.85. The maximum atomic E-state index is 5.19. The van der Waals surface area contributed by atoms with Gasteiger partial charge in [0.2, 0.25) is 5.95 Å². The lowest BCUT2D eigenvalue weighted by Gasteiger charge is -2.13. The minimum absolute atomic E-state index is 0.646. The molecule has 76 valence electrons. The first-order valence-corrected chi connectivity index (χ1v) is 5.76. The summed E-state index contributed by atoms with van der Waals surface area (Å²) in [5.74, 6) is 1.48. The molecule has 1 aromatic rings. The van der Waals surface area contributed by atoms with Crippen molar-refractivity contribution in [2.75, 3.05) is 19.0 Å². The minimum Gasteiger partial charge on any atom is -0.349 e. The molecule has 1 fully saturated rings. The van der Waals surface area contributed by atoms with Crippen LogP contribution in [0.15, 0.2) is 4.47 Å². The van der Waals surface area contributed by atoms with Crippen LogP contribution in [0.25, 0.3) is 0 Å². The summed E-state index contributed by atoms with van der Waals surface area (Å²) in [5, 5.41) is 0. The first-order chi connectivity index (χ1) is 6.59. The molecule has 1 aliphatic carbocycles. The van der Waals surface area contributed by atoms with Gasteiger partial charge in [0, 0.05) is 25.7 Å². The molecule has 2 rings (SSSR count). The van der Waals surface area contributed by atoms with Gasteiger partial charge in [0.05, 0.1) is 4.47 Å². The number of aromatic amines is 1. The van der Waals surface area contributed by atoms with Gasteiger partial charge in [-0.2, -0.15) is 0 Å². The van der Waals surface area contributed by atoms with E-state index in [0.717, 1.165) is 10.4 Å². The molecule has 14 heavy (non-hydrogen) atoms. The number of halogens is 1. The van der Waals surface area contributed by atoms with E-state index in [-0.39, 0.29) is 0 Å². The third-order valence-electron chi connectivity index (χ3n) is 2.29. The van der Waals surface area contributed by atoms with E-state index < -0.39 is 0 Å². The maximum Gasteiger partial charge on any atom is 0.203 e. The molecular weight excluding hydrogens is 262 g/mol. The maximum absolute atomic E-state index is 5.19. The Kier molecular flexibility index (Phi) is 2.62. The summed E-state index contributed by atoms with van der Waals surface area (Å²) in [6.45, 7) is 0. The highest BCUT2D eigenvalue weighted by Crippen LogP contribution is 2.42. The molecule has 0 aromatic carbocycles. The van der Waals surface area contributed by atoms with Gasteiger partial charge in [-0.05, 0) is 28.8 Å². The molecule has 0 amide bonds. The Labute approximate surface area is 96.7 Å². The Morgan fingerprint density at radius 1 is 1.50 bits per heavy atom. The van der Waals surface area contributed by atoms with Crippen molar-refractivity contribution in [3.05, 3.63) is 14.8 Å². The van der Waals surface area contributed by atoms with Crippen LogP contribution in [0.3, 0.4) is 0 Å². The Balaban J connectivity index is 2.52. The molecule has 1 aliphatic rings. The van der Waals surface area contributed by atoms with Crippen molar-refractivity contribution in [3.63, 3.8) is 0 Å². The largest absolute Gasteiger partial charge is 0.349 e. The van der Waals surface area contributed by atoms with E-state index in [0.29, 0.717) is 10.6 Å². The quantitative estimate of drug-likeness (QED) is 0.841. The summed E-state index contributed by atoms with van der Waals surface area (Å²) in [7, 11) is 3.91. The fourth-order valence-corrected chi connectivity index (χ4v) is 2.04. The smallest absolute Gasteiger partial charge is 0.203 e. The summed E-state index contributed by atoms with van der Waals surface area (Å²) in [6.07, 6.45) is 2.50. The molecule has 1 saturated carbocycles. The van der Waals surface area contributed by atoms with Crippen LogP contribution in [0.4, 0.5) is 5.95 Å². The second-order valence-corrected chi connectivity index (χ2v) is 4.94. The second kappa shape index (κ2) is 3.62. The van der Waals surface area contributed by atoms with Gasteiger partial charge in [-0.1, -0.05) is 12.2 Å². The highest BCUT2D eigenvalue weighted by atomic mass is 79.9. The normalized spacial score (nSPS) is 15.6. The minimum atomic E-state index is 0.646. The number of H-pyrrole nitrogens is 1. The molecular formula is C9H12BrN3S. The number of nitrogens with one attached hydrogen (secondary N) is 1. The summed E-state index contributed by atoms with van der Waals surface area (Å²) < 4.78 is 1.61. The Morgan fingerprint density at radius 3 is 2.64 bits per heavy atom. The first kappa shape index (κ1) is 10.1. The second-order valence-electron chi connectivity index (χ2n) is 3.76. The lowest BCUT2D eigenvalue weighted by molar-refractivity contribution is 0.917. The number of nitrogens with zero attached hydrogens (tertiary/aromatic N) is 2. The number of hydrogen-bond donors (Lipinski definition) is 1. The first-order valence-electron chi connectivity index (χ1n) is 4.56. The molecule has 0 atom stereocenters. The van der Waals surface area contributed by atoms with Crippen molar-refractivity contribution >= 4 is 34.1 Å². The highest BCUT2D eigenvalue weighted by Gasteiger charge is 2.27. The molecule has 0 unspecified atom stereocenters.